The first-order valence-corrected chi connectivity index (χ1v) is 10.3. The van der Waals surface area contributed by atoms with Crippen LogP contribution in [0.2, 0.25) is 0 Å². The summed E-state index contributed by atoms with van der Waals surface area (Å²) in [5.41, 5.74) is 1.86. The van der Waals surface area contributed by atoms with Crippen molar-refractivity contribution >= 4 is 0 Å². The summed E-state index contributed by atoms with van der Waals surface area (Å²) in [4.78, 5) is 4.92. The molecule has 1 rings (SSSR count). The van der Waals surface area contributed by atoms with Crippen molar-refractivity contribution < 1.29 is 10.2 Å². The van der Waals surface area contributed by atoms with Gasteiger partial charge in [-0.2, -0.15) is 0 Å². The number of hydrogen-bond donors (Lipinski definition) is 4. The maximum Gasteiger partial charge on any atom is 0.0587 e. The van der Waals surface area contributed by atoms with Gasteiger partial charge in [-0.3, -0.25) is 4.98 Å². The van der Waals surface area contributed by atoms with Gasteiger partial charge in [-0.05, 0) is 36.8 Å². The molecule has 4 N–H and O–H groups in total. The molecule has 0 saturated carbocycles. The zero-order valence-electron chi connectivity index (χ0n) is 17.9. The summed E-state index contributed by atoms with van der Waals surface area (Å²) in [7, 11) is 0. The van der Waals surface area contributed by atoms with E-state index in [1.54, 1.807) is 0 Å². The Morgan fingerprint density at radius 3 is 1.54 bits per heavy atom. The fourth-order valence-corrected chi connectivity index (χ4v) is 3.17. The third-order valence-corrected chi connectivity index (χ3v) is 5.14. The highest BCUT2D eigenvalue weighted by molar-refractivity contribution is 5.19. The molecule has 0 radical (unpaired) electrons. The molecule has 0 aliphatic carbocycles. The van der Waals surface area contributed by atoms with Gasteiger partial charge in [-0.1, -0.05) is 45.9 Å². The molecule has 0 aliphatic heterocycles. The van der Waals surface area contributed by atoms with E-state index in [-0.39, 0.29) is 37.4 Å². The Bertz CT molecular complexity index is 542. The lowest BCUT2D eigenvalue weighted by Crippen LogP contribution is -2.41. The second-order valence-corrected chi connectivity index (χ2v) is 8.04. The van der Waals surface area contributed by atoms with Crippen LogP contribution in [0.3, 0.4) is 0 Å². The molecule has 28 heavy (non-hydrogen) atoms. The van der Waals surface area contributed by atoms with Gasteiger partial charge in [0.05, 0.1) is 36.7 Å². The van der Waals surface area contributed by atoms with Crippen LogP contribution in [0.5, 0.6) is 0 Å². The first-order valence-electron chi connectivity index (χ1n) is 10.3. The van der Waals surface area contributed by atoms with E-state index in [1.807, 2.05) is 30.4 Å². The van der Waals surface area contributed by atoms with Crippen molar-refractivity contribution in [1.82, 2.24) is 15.6 Å². The van der Waals surface area contributed by atoms with E-state index in [2.05, 4.69) is 51.5 Å². The monoisotopic (exact) mass is 389 g/mol. The SMILES string of the molecule is C=CC[C@H](N[C@H](CO)C(C)C)c1cccc([C@H](CC=C)N[C@H](CO)C(C)C)n1. The number of pyridine rings is 1. The molecule has 1 aromatic rings. The van der Waals surface area contributed by atoms with E-state index in [0.717, 1.165) is 24.2 Å². The molecule has 0 aliphatic rings. The Kier molecular flexibility index (Phi) is 11.2. The Morgan fingerprint density at radius 2 is 1.25 bits per heavy atom. The highest BCUT2D eigenvalue weighted by atomic mass is 16.3. The predicted octanol–water partition coefficient (Wildman–Crippen LogP) is 3.53. The summed E-state index contributed by atoms with van der Waals surface area (Å²) in [6.45, 7) is 16.3. The molecular weight excluding hydrogens is 350 g/mol. The molecule has 0 unspecified atom stereocenters. The van der Waals surface area contributed by atoms with Gasteiger partial charge in [-0.25, -0.2) is 0 Å². The molecule has 5 heteroatoms. The minimum absolute atomic E-state index is 0.00258. The van der Waals surface area contributed by atoms with Crippen LogP contribution in [-0.2, 0) is 0 Å². The van der Waals surface area contributed by atoms with Crippen molar-refractivity contribution in [2.45, 2.75) is 64.7 Å². The van der Waals surface area contributed by atoms with Crippen LogP contribution in [-0.4, -0.2) is 40.5 Å². The molecule has 0 amide bonds. The first kappa shape index (κ1) is 24.5. The lowest BCUT2D eigenvalue weighted by Gasteiger charge is -2.28. The van der Waals surface area contributed by atoms with Crippen molar-refractivity contribution in [3.05, 3.63) is 54.9 Å². The van der Waals surface area contributed by atoms with Crippen LogP contribution in [0.1, 0.15) is 64.0 Å². The van der Waals surface area contributed by atoms with Crippen molar-refractivity contribution in [3.63, 3.8) is 0 Å². The van der Waals surface area contributed by atoms with E-state index in [4.69, 9.17) is 4.98 Å². The summed E-state index contributed by atoms with van der Waals surface area (Å²) < 4.78 is 0. The van der Waals surface area contributed by atoms with Crippen LogP contribution < -0.4 is 10.6 Å². The summed E-state index contributed by atoms with van der Waals surface area (Å²) in [6, 6.07) is 6.00. The molecule has 5 nitrogen and oxygen atoms in total. The van der Waals surface area contributed by atoms with Gasteiger partial charge in [0.2, 0.25) is 0 Å². The van der Waals surface area contributed by atoms with Crippen LogP contribution in [0, 0.1) is 11.8 Å². The minimum Gasteiger partial charge on any atom is -0.395 e. The average molecular weight is 390 g/mol. The molecule has 0 aromatic carbocycles. The van der Waals surface area contributed by atoms with E-state index in [9.17, 15) is 10.2 Å². The van der Waals surface area contributed by atoms with Crippen molar-refractivity contribution in [2.24, 2.45) is 11.8 Å². The Labute approximate surface area is 171 Å². The van der Waals surface area contributed by atoms with Crippen molar-refractivity contribution in [1.29, 1.82) is 0 Å². The van der Waals surface area contributed by atoms with Crippen LogP contribution in [0.15, 0.2) is 43.5 Å². The molecule has 4 atom stereocenters. The minimum atomic E-state index is -0.0138. The number of aliphatic hydroxyl groups is 2. The molecular formula is C23H39N3O2. The van der Waals surface area contributed by atoms with Gasteiger partial charge < -0.3 is 20.8 Å². The smallest absolute Gasteiger partial charge is 0.0587 e. The third-order valence-electron chi connectivity index (χ3n) is 5.14. The fraction of sp³-hybridized carbons (Fsp3) is 0.609. The molecule has 0 bridgehead atoms. The van der Waals surface area contributed by atoms with Crippen LogP contribution in [0.25, 0.3) is 0 Å². The summed E-state index contributed by atoms with van der Waals surface area (Å²) in [5, 5.41) is 26.4. The molecule has 1 aromatic heterocycles. The maximum absolute atomic E-state index is 9.70. The molecule has 0 saturated heterocycles. The zero-order valence-corrected chi connectivity index (χ0v) is 17.9. The number of hydrogen-bond acceptors (Lipinski definition) is 5. The van der Waals surface area contributed by atoms with Gasteiger partial charge in [0, 0.05) is 12.1 Å². The highest BCUT2D eigenvalue weighted by Gasteiger charge is 2.22. The molecule has 0 spiro atoms. The highest BCUT2D eigenvalue weighted by Crippen LogP contribution is 2.23. The topological polar surface area (TPSA) is 77.4 Å². The molecule has 158 valence electrons. The van der Waals surface area contributed by atoms with E-state index in [0.29, 0.717) is 11.8 Å². The number of rotatable bonds is 14. The second kappa shape index (κ2) is 12.8. The van der Waals surface area contributed by atoms with Gasteiger partial charge in [-0.15, -0.1) is 13.2 Å². The Hall–Kier alpha value is -1.53. The zero-order chi connectivity index (χ0) is 21.1. The van der Waals surface area contributed by atoms with Crippen LogP contribution >= 0.6 is 0 Å². The van der Waals surface area contributed by atoms with Crippen LogP contribution in [0.4, 0.5) is 0 Å². The van der Waals surface area contributed by atoms with Gasteiger partial charge in [0.1, 0.15) is 0 Å². The number of aromatic nitrogens is 1. The third kappa shape index (κ3) is 7.47. The lowest BCUT2D eigenvalue weighted by atomic mass is 9.99. The number of aliphatic hydroxyl groups excluding tert-OH is 2. The summed E-state index contributed by atoms with van der Waals surface area (Å²) in [6.07, 6.45) is 5.20. The predicted molar refractivity (Wildman–Crippen MR) is 117 cm³/mol. The van der Waals surface area contributed by atoms with Gasteiger partial charge in [0.25, 0.3) is 0 Å². The molecule has 1 heterocycles. The van der Waals surface area contributed by atoms with Crippen molar-refractivity contribution in [2.75, 3.05) is 13.2 Å². The lowest BCUT2D eigenvalue weighted by molar-refractivity contribution is 0.196. The Balaban J connectivity index is 3.12. The normalized spacial score (nSPS) is 16.0. The largest absolute Gasteiger partial charge is 0.395 e. The van der Waals surface area contributed by atoms with Gasteiger partial charge >= 0.3 is 0 Å². The maximum atomic E-state index is 9.70. The van der Waals surface area contributed by atoms with Crippen molar-refractivity contribution in [3.8, 4) is 0 Å². The van der Waals surface area contributed by atoms with E-state index >= 15 is 0 Å². The first-order chi connectivity index (χ1) is 13.4. The quantitative estimate of drug-likeness (QED) is 0.366. The Morgan fingerprint density at radius 1 is 0.857 bits per heavy atom. The summed E-state index contributed by atoms with van der Waals surface area (Å²) in [5.74, 6) is 0.624. The molecule has 0 fully saturated rings. The summed E-state index contributed by atoms with van der Waals surface area (Å²) >= 11 is 0. The van der Waals surface area contributed by atoms with E-state index < -0.39 is 0 Å². The standard InChI is InChI=1S/C23H39N3O2/c1-7-10-18(25-22(14-27)16(3)4)20-12-9-13-21(24-20)19(11-8-2)26-23(15-28)17(5)6/h7-9,12-13,16-19,22-23,25-28H,1-2,10-11,14-15H2,3-6H3/t18-,19-,22+,23+/m0/s1. The van der Waals surface area contributed by atoms with Gasteiger partial charge in [0.15, 0.2) is 0 Å². The fourth-order valence-electron chi connectivity index (χ4n) is 3.17. The average Bonchev–Trinajstić information content (AvgIpc) is 2.67. The number of nitrogens with one attached hydrogen (secondary N) is 2. The second-order valence-electron chi connectivity index (χ2n) is 8.04. The van der Waals surface area contributed by atoms with E-state index in [1.165, 1.54) is 0 Å². The number of nitrogens with zero attached hydrogens (tertiary/aromatic N) is 1.